The number of aromatic amines is 1. The van der Waals surface area contributed by atoms with E-state index in [0.717, 1.165) is 5.52 Å². The molecule has 2 aromatic rings. The molecular weight excluding hydrogens is 164 g/mol. The molecule has 0 radical (unpaired) electrons. The number of fused-ring (bicyclic) bond motifs is 1. The molecule has 0 amide bonds. The minimum absolute atomic E-state index is 0.332. The highest BCUT2D eigenvalue weighted by Gasteiger charge is 2.00. The van der Waals surface area contributed by atoms with Crippen LogP contribution in [-0.2, 0) is 0 Å². The molecule has 0 spiro atoms. The van der Waals surface area contributed by atoms with Gasteiger partial charge >= 0.3 is 0 Å². The molecular formula is C6H5ClN4. The topological polar surface area (TPSA) is 67.6 Å². The van der Waals surface area contributed by atoms with Crippen LogP contribution in [0.2, 0.25) is 5.28 Å². The lowest BCUT2D eigenvalue weighted by atomic mass is 10.4. The van der Waals surface area contributed by atoms with E-state index in [9.17, 15) is 0 Å². The van der Waals surface area contributed by atoms with Crippen LogP contribution < -0.4 is 5.73 Å². The van der Waals surface area contributed by atoms with Gasteiger partial charge in [0.05, 0.1) is 5.52 Å². The maximum Gasteiger partial charge on any atom is 0.202 e. The molecule has 0 bridgehead atoms. The summed E-state index contributed by atoms with van der Waals surface area (Å²) in [6.07, 6.45) is 0. The fourth-order valence-electron chi connectivity index (χ4n) is 0.878. The maximum atomic E-state index is 5.59. The van der Waals surface area contributed by atoms with Gasteiger partial charge < -0.3 is 10.7 Å². The van der Waals surface area contributed by atoms with Crippen molar-refractivity contribution in [2.45, 2.75) is 0 Å². The second-order valence-corrected chi connectivity index (χ2v) is 2.49. The SMILES string of the molecule is Nc1ccc2[nH]c(Cl)nc2n1. The van der Waals surface area contributed by atoms with E-state index in [1.165, 1.54) is 0 Å². The van der Waals surface area contributed by atoms with E-state index in [1.807, 2.05) is 0 Å². The van der Waals surface area contributed by atoms with Crippen LogP contribution in [-0.4, -0.2) is 15.0 Å². The number of hydrogen-bond donors (Lipinski definition) is 2. The summed E-state index contributed by atoms with van der Waals surface area (Å²) in [5, 5.41) is 0.332. The molecule has 0 atom stereocenters. The lowest BCUT2D eigenvalue weighted by molar-refractivity contribution is 1.31. The van der Waals surface area contributed by atoms with Crippen molar-refractivity contribution in [1.82, 2.24) is 15.0 Å². The van der Waals surface area contributed by atoms with E-state index in [-0.39, 0.29) is 0 Å². The zero-order chi connectivity index (χ0) is 7.84. The monoisotopic (exact) mass is 168 g/mol. The Morgan fingerprint density at radius 1 is 1.36 bits per heavy atom. The summed E-state index contributed by atoms with van der Waals surface area (Å²) in [5.41, 5.74) is 6.77. The van der Waals surface area contributed by atoms with Crippen LogP contribution in [0.15, 0.2) is 12.1 Å². The molecule has 0 aliphatic rings. The third kappa shape index (κ3) is 1.01. The van der Waals surface area contributed by atoms with E-state index in [1.54, 1.807) is 12.1 Å². The Bertz CT molecular complexity index is 394. The third-order valence-electron chi connectivity index (χ3n) is 1.34. The van der Waals surface area contributed by atoms with Crippen molar-refractivity contribution in [2.24, 2.45) is 0 Å². The number of nitrogens with zero attached hydrogens (tertiary/aromatic N) is 2. The molecule has 3 N–H and O–H groups in total. The Morgan fingerprint density at radius 3 is 3.00 bits per heavy atom. The number of hydrogen-bond acceptors (Lipinski definition) is 3. The molecule has 11 heavy (non-hydrogen) atoms. The predicted octanol–water partition coefficient (Wildman–Crippen LogP) is 1.19. The van der Waals surface area contributed by atoms with Crippen LogP contribution in [0.4, 0.5) is 5.82 Å². The van der Waals surface area contributed by atoms with Crippen molar-refractivity contribution in [2.75, 3.05) is 5.73 Å². The molecule has 5 heteroatoms. The number of pyridine rings is 1. The van der Waals surface area contributed by atoms with Crippen LogP contribution in [0.25, 0.3) is 11.2 Å². The minimum atomic E-state index is 0.332. The molecule has 0 aliphatic heterocycles. The van der Waals surface area contributed by atoms with Crippen molar-refractivity contribution in [3.05, 3.63) is 17.4 Å². The quantitative estimate of drug-likeness (QED) is 0.621. The number of anilines is 1. The first-order valence-electron chi connectivity index (χ1n) is 3.03. The highest BCUT2D eigenvalue weighted by atomic mass is 35.5. The second-order valence-electron chi connectivity index (χ2n) is 2.13. The average molecular weight is 169 g/mol. The van der Waals surface area contributed by atoms with Crippen LogP contribution in [0, 0.1) is 0 Å². The van der Waals surface area contributed by atoms with E-state index in [2.05, 4.69) is 15.0 Å². The van der Waals surface area contributed by atoms with Gasteiger partial charge in [-0.1, -0.05) is 0 Å². The number of nitrogen functional groups attached to an aromatic ring is 1. The first-order chi connectivity index (χ1) is 5.25. The maximum absolute atomic E-state index is 5.59. The van der Waals surface area contributed by atoms with E-state index < -0.39 is 0 Å². The van der Waals surface area contributed by atoms with Crippen molar-refractivity contribution in [1.29, 1.82) is 0 Å². The summed E-state index contributed by atoms with van der Waals surface area (Å²) in [6, 6.07) is 3.48. The standard InChI is InChI=1S/C6H5ClN4/c7-6-9-3-1-2-4(8)10-5(3)11-6/h1-2H,(H3,8,9,10,11). The largest absolute Gasteiger partial charge is 0.384 e. The smallest absolute Gasteiger partial charge is 0.202 e. The number of nitrogens with one attached hydrogen (secondary N) is 1. The number of rotatable bonds is 0. The summed E-state index contributed by atoms with van der Waals surface area (Å²) in [6.45, 7) is 0. The van der Waals surface area contributed by atoms with Crippen molar-refractivity contribution in [3.8, 4) is 0 Å². The molecule has 0 aromatic carbocycles. The Labute approximate surface area is 67.4 Å². The molecule has 0 fully saturated rings. The fraction of sp³-hybridized carbons (Fsp3) is 0. The van der Waals surface area contributed by atoms with Crippen LogP contribution in [0.3, 0.4) is 0 Å². The Morgan fingerprint density at radius 2 is 2.18 bits per heavy atom. The van der Waals surface area contributed by atoms with Gasteiger partial charge in [0.2, 0.25) is 5.28 Å². The van der Waals surface area contributed by atoms with E-state index in [4.69, 9.17) is 17.3 Å². The van der Waals surface area contributed by atoms with Gasteiger partial charge in [-0.15, -0.1) is 0 Å². The van der Waals surface area contributed by atoms with E-state index in [0.29, 0.717) is 16.7 Å². The average Bonchev–Trinajstić information content (AvgIpc) is 2.27. The predicted molar refractivity (Wildman–Crippen MR) is 43.3 cm³/mol. The van der Waals surface area contributed by atoms with Crippen molar-refractivity contribution < 1.29 is 0 Å². The molecule has 0 aliphatic carbocycles. The zero-order valence-electron chi connectivity index (χ0n) is 5.50. The summed E-state index contributed by atoms with van der Waals surface area (Å²) >= 11 is 5.59. The van der Waals surface area contributed by atoms with Crippen molar-refractivity contribution >= 4 is 28.6 Å². The molecule has 0 unspecified atom stereocenters. The lowest BCUT2D eigenvalue weighted by Crippen LogP contribution is -1.88. The second kappa shape index (κ2) is 2.10. The first-order valence-corrected chi connectivity index (χ1v) is 3.41. The summed E-state index contributed by atoms with van der Waals surface area (Å²) in [4.78, 5) is 10.7. The number of imidazole rings is 1. The fourth-order valence-corrected chi connectivity index (χ4v) is 1.06. The summed E-state index contributed by atoms with van der Waals surface area (Å²) in [7, 11) is 0. The van der Waals surface area contributed by atoms with Crippen LogP contribution in [0.5, 0.6) is 0 Å². The first kappa shape index (κ1) is 6.42. The van der Waals surface area contributed by atoms with Gasteiger partial charge in [-0.25, -0.2) is 4.98 Å². The Balaban J connectivity index is 2.82. The van der Waals surface area contributed by atoms with Crippen molar-refractivity contribution in [3.63, 3.8) is 0 Å². The van der Waals surface area contributed by atoms with Gasteiger partial charge in [-0.3, -0.25) is 0 Å². The number of nitrogens with two attached hydrogens (primary N) is 1. The molecule has 2 rings (SSSR count). The molecule has 56 valence electrons. The molecule has 2 heterocycles. The normalized spacial score (nSPS) is 10.6. The highest BCUT2D eigenvalue weighted by molar-refractivity contribution is 6.29. The van der Waals surface area contributed by atoms with Crippen LogP contribution in [0.1, 0.15) is 0 Å². The lowest BCUT2D eigenvalue weighted by Gasteiger charge is -1.88. The molecule has 0 saturated carbocycles. The molecule has 0 saturated heterocycles. The Kier molecular flexibility index (Phi) is 1.22. The van der Waals surface area contributed by atoms with Gasteiger partial charge in [0.25, 0.3) is 0 Å². The summed E-state index contributed by atoms with van der Waals surface area (Å²) in [5.74, 6) is 0.445. The van der Waals surface area contributed by atoms with Gasteiger partial charge in [-0.2, -0.15) is 4.98 Å². The number of halogens is 1. The number of aromatic nitrogens is 3. The summed E-state index contributed by atoms with van der Waals surface area (Å²) < 4.78 is 0. The number of H-pyrrole nitrogens is 1. The third-order valence-corrected chi connectivity index (χ3v) is 1.52. The van der Waals surface area contributed by atoms with Gasteiger partial charge in [0, 0.05) is 0 Å². The Hall–Kier alpha value is -1.29. The van der Waals surface area contributed by atoms with E-state index >= 15 is 0 Å². The molecule has 2 aromatic heterocycles. The van der Waals surface area contributed by atoms with Gasteiger partial charge in [-0.05, 0) is 23.7 Å². The van der Waals surface area contributed by atoms with Gasteiger partial charge in [0.15, 0.2) is 5.65 Å². The zero-order valence-corrected chi connectivity index (χ0v) is 6.26. The minimum Gasteiger partial charge on any atom is -0.384 e. The highest BCUT2D eigenvalue weighted by Crippen LogP contribution is 2.12. The van der Waals surface area contributed by atoms with Crippen LogP contribution >= 0.6 is 11.6 Å². The molecule has 4 nitrogen and oxygen atoms in total. The van der Waals surface area contributed by atoms with Gasteiger partial charge in [0.1, 0.15) is 5.82 Å².